The van der Waals surface area contributed by atoms with Crippen LogP contribution in [0.2, 0.25) is 5.02 Å². The number of carbonyl (C=O) groups is 2. The first kappa shape index (κ1) is 16.6. The van der Waals surface area contributed by atoms with Crippen LogP contribution in [0.15, 0.2) is 18.2 Å². The first-order valence-corrected chi connectivity index (χ1v) is 7.78. The minimum Gasteiger partial charge on any atom is -0.495 e. The van der Waals surface area contributed by atoms with E-state index in [9.17, 15) is 14.7 Å². The molecule has 22 heavy (non-hydrogen) atoms. The van der Waals surface area contributed by atoms with E-state index < -0.39 is 11.9 Å². The molecule has 1 amide bonds. The van der Waals surface area contributed by atoms with Gasteiger partial charge in [0.1, 0.15) is 5.75 Å². The van der Waals surface area contributed by atoms with Crippen LogP contribution in [0.4, 0.5) is 0 Å². The van der Waals surface area contributed by atoms with Gasteiger partial charge in [-0.1, -0.05) is 30.9 Å². The topological polar surface area (TPSA) is 75.6 Å². The number of methoxy groups -OCH3 is 1. The molecular formula is C16H20ClNO4. The number of aliphatic carboxylic acids is 1. The molecule has 0 saturated heterocycles. The van der Waals surface area contributed by atoms with E-state index in [1.165, 1.54) is 7.11 Å². The van der Waals surface area contributed by atoms with Crippen molar-refractivity contribution >= 4 is 23.5 Å². The van der Waals surface area contributed by atoms with Gasteiger partial charge < -0.3 is 15.2 Å². The number of nitrogens with one attached hydrogen (secondary N) is 1. The molecule has 6 heteroatoms. The molecule has 0 unspecified atom stereocenters. The maximum Gasteiger partial charge on any atom is 0.308 e. The quantitative estimate of drug-likeness (QED) is 0.834. The molecule has 1 aromatic carbocycles. The Balaban J connectivity index is 2.13. The summed E-state index contributed by atoms with van der Waals surface area (Å²) in [4.78, 5) is 23.8. The summed E-state index contributed by atoms with van der Waals surface area (Å²) in [5.41, 5.74) is 0.412. The standard InChI is InChI=1S/C16H20ClNO4/c1-22-14-9-10(7-8-12(14)17)15(19)18-13-6-4-2-3-5-11(13)16(20)21/h7-9,11,13H,2-6H2,1H3,(H,18,19)(H,20,21)/t11-,13+/m1/s1. The highest BCUT2D eigenvalue weighted by atomic mass is 35.5. The molecule has 2 rings (SSSR count). The van der Waals surface area contributed by atoms with Crippen LogP contribution in [-0.2, 0) is 4.79 Å². The van der Waals surface area contributed by atoms with Gasteiger partial charge in [0.05, 0.1) is 18.1 Å². The summed E-state index contributed by atoms with van der Waals surface area (Å²) in [5, 5.41) is 12.6. The van der Waals surface area contributed by atoms with E-state index in [1.807, 2.05) is 0 Å². The molecule has 2 atom stereocenters. The predicted octanol–water partition coefficient (Wildman–Crippen LogP) is 3.11. The highest BCUT2D eigenvalue weighted by Gasteiger charge is 2.30. The van der Waals surface area contributed by atoms with Gasteiger partial charge in [0.15, 0.2) is 0 Å². The Morgan fingerprint density at radius 3 is 2.68 bits per heavy atom. The second-order valence-electron chi connectivity index (χ2n) is 5.51. The van der Waals surface area contributed by atoms with Gasteiger partial charge in [-0.15, -0.1) is 0 Å². The fraction of sp³-hybridized carbons (Fsp3) is 0.500. The zero-order chi connectivity index (χ0) is 16.1. The van der Waals surface area contributed by atoms with E-state index in [0.29, 0.717) is 29.2 Å². The molecule has 1 aliphatic carbocycles. The third kappa shape index (κ3) is 3.91. The molecule has 1 saturated carbocycles. The zero-order valence-corrected chi connectivity index (χ0v) is 13.2. The molecule has 0 heterocycles. The normalized spacial score (nSPS) is 21.7. The highest BCUT2D eigenvalue weighted by molar-refractivity contribution is 6.32. The highest BCUT2D eigenvalue weighted by Crippen LogP contribution is 2.27. The van der Waals surface area contributed by atoms with E-state index in [-0.39, 0.29) is 11.9 Å². The van der Waals surface area contributed by atoms with Gasteiger partial charge >= 0.3 is 5.97 Å². The summed E-state index contributed by atoms with van der Waals surface area (Å²) in [6.45, 7) is 0. The Bertz CT molecular complexity index is 561. The number of carbonyl (C=O) groups excluding carboxylic acids is 1. The van der Waals surface area contributed by atoms with Crippen molar-refractivity contribution in [1.82, 2.24) is 5.32 Å². The average Bonchev–Trinajstić information content (AvgIpc) is 2.73. The average molecular weight is 326 g/mol. The van der Waals surface area contributed by atoms with Crippen LogP contribution in [0, 0.1) is 5.92 Å². The molecule has 1 aliphatic rings. The van der Waals surface area contributed by atoms with Gasteiger partial charge in [-0.25, -0.2) is 0 Å². The SMILES string of the molecule is COc1cc(C(=O)N[C@H]2CCCCC[C@H]2C(=O)O)ccc1Cl. The molecule has 0 spiro atoms. The second-order valence-corrected chi connectivity index (χ2v) is 5.92. The van der Waals surface area contributed by atoms with Gasteiger partial charge in [0.2, 0.25) is 0 Å². The van der Waals surface area contributed by atoms with Gasteiger partial charge in [0.25, 0.3) is 5.91 Å². The number of carboxylic acid groups (broad SMARTS) is 1. The zero-order valence-electron chi connectivity index (χ0n) is 12.5. The number of halogens is 1. The maximum atomic E-state index is 12.4. The van der Waals surface area contributed by atoms with Crippen molar-refractivity contribution in [2.45, 2.75) is 38.1 Å². The third-order valence-electron chi connectivity index (χ3n) is 4.06. The lowest BCUT2D eigenvalue weighted by molar-refractivity contribution is -0.142. The Kier molecular flexibility index (Phi) is 5.66. The van der Waals surface area contributed by atoms with E-state index in [1.54, 1.807) is 18.2 Å². The monoisotopic (exact) mass is 325 g/mol. The summed E-state index contributed by atoms with van der Waals surface area (Å²) in [5.74, 6) is -1.25. The molecule has 2 N–H and O–H groups in total. The number of carboxylic acids is 1. The molecule has 0 aromatic heterocycles. The summed E-state index contributed by atoms with van der Waals surface area (Å²) < 4.78 is 5.10. The summed E-state index contributed by atoms with van der Waals surface area (Å²) in [6.07, 6.45) is 4.11. The van der Waals surface area contributed by atoms with Gasteiger partial charge in [-0.2, -0.15) is 0 Å². The van der Waals surface area contributed by atoms with Crippen LogP contribution in [-0.4, -0.2) is 30.1 Å². The number of rotatable bonds is 4. The molecule has 0 radical (unpaired) electrons. The fourth-order valence-electron chi connectivity index (χ4n) is 2.83. The Hall–Kier alpha value is -1.75. The van der Waals surface area contributed by atoms with Crippen molar-refractivity contribution in [3.63, 3.8) is 0 Å². The summed E-state index contributed by atoms with van der Waals surface area (Å²) in [6, 6.07) is 4.42. The summed E-state index contributed by atoms with van der Waals surface area (Å²) in [7, 11) is 1.48. The number of amides is 1. The van der Waals surface area contributed by atoms with Gasteiger partial charge in [-0.3, -0.25) is 9.59 Å². The molecule has 1 fully saturated rings. The molecule has 5 nitrogen and oxygen atoms in total. The van der Waals surface area contributed by atoms with E-state index in [0.717, 1.165) is 19.3 Å². The Morgan fingerprint density at radius 2 is 2.00 bits per heavy atom. The van der Waals surface area contributed by atoms with Crippen LogP contribution in [0.3, 0.4) is 0 Å². The molecule has 1 aromatic rings. The lowest BCUT2D eigenvalue weighted by Gasteiger charge is -2.23. The van der Waals surface area contributed by atoms with E-state index in [4.69, 9.17) is 16.3 Å². The van der Waals surface area contributed by atoms with Crippen molar-refractivity contribution in [3.05, 3.63) is 28.8 Å². The van der Waals surface area contributed by atoms with Crippen LogP contribution in [0.25, 0.3) is 0 Å². The summed E-state index contributed by atoms with van der Waals surface area (Å²) >= 11 is 5.94. The van der Waals surface area contributed by atoms with Crippen LogP contribution in [0.5, 0.6) is 5.75 Å². The van der Waals surface area contributed by atoms with E-state index in [2.05, 4.69) is 5.32 Å². The first-order chi connectivity index (χ1) is 10.5. The predicted molar refractivity (Wildman–Crippen MR) is 83.5 cm³/mol. The smallest absolute Gasteiger partial charge is 0.308 e. The van der Waals surface area contributed by atoms with Crippen molar-refractivity contribution in [2.75, 3.05) is 7.11 Å². The lowest BCUT2D eigenvalue weighted by Crippen LogP contribution is -2.42. The largest absolute Gasteiger partial charge is 0.495 e. The second kappa shape index (κ2) is 7.49. The van der Waals surface area contributed by atoms with Gasteiger partial charge in [0, 0.05) is 11.6 Å². The van der Waals surface area contributed by atoms with Gasteiger partial charge in [-0.05, 0) is 31.0 Å². The van der Waals surface area contributed by atoms with E-state index >= 15 is 0 Å². The fourth-order valence-corrected chi connectivity index (χ4v) is 3.02. The maximum absolute atomic E-state index is 12.4. The number of hydrogen-bond acceptors (Lipinski definition) is 3. The number of benzene rings is 1. The minimum absolute atomic E-state index is 0.298. The first-order valence-electron chi connectivity index (χ1n) is 7.40. The third-order valence-corrected chi connectivity index (χ3v) is 4.38. The molecule has 0 aliphatic heterocycles. The Labute approximate surface area is 134 Å². The number of ether oxygens (including phenoxy) is 1. The Morgan fingerprint density at radius 1 is 1.27 bits per heavy atom. The molecular weight excluding hydrogens is 306 g/mol. The molecule has 120 valence electrons. The number of hydrogen-bond donors (Lipinski definition) is 2. The van der Waals surface area contributed by atoms with Crippen molar-refractivity contribution in [3.8, 4) is 5.75 Å². The van der Waals surface area contributed by atoms with Crippen LogP contribution >= 0.6 is 11.6 Å². The van der Waals surface area contributed by atoms with Crippen LogP contribution < -0.4 is 10.1 Å². The van der Waals surface area contributed by atoms with Crippen molar-refractivity contribution < 1.29 is 19.4 Å². The van der Waals surface area contributed by atoms with Crippen LogP contribution in [0.1, 0.15) is 42.5 Å². The molecule has 0 bridgehead atoms. The minimum atomic E-state index is -0.846. The van der Waals surface area contributed by atoms with Crippen molar-refractivity contribution in [2.24, 2.45) is 5.92 Å². The van der Waals surface area contributed by atoms with Crippen molar-refractivity contribution in [1.29, 1.82) is 0 Å². The lowest BCUT2D eigenvalue weighted by atomic mass is 9.94.